The first kappa shape index (κ1) is 9.06. The van der Waals surface area contributed by atoms with Crippen molar-refractivity contribution >= 4 is 11.6 Å². The Balaban J connectivity index is 2.14. The van der Waals surface area contributed by atoms with Gasteiger partial charge in [0, 0.05) is 12.2 Å². The number of nitrogens with zero attached hydrogens (tertiary/aromatic N) is 1. The molecular formula is C11H13NO2. The minimum Gasteiger partial charge on any atom is -0.497 e. The molecule has 1 heterocycles. The van der Waals surface area contributed by atoms with Gasteiger partial charge in [0.2, 0.25) is 5.91 Å². The first-order chi connectivity index (χ1) is 6.72. The molecule has 0 radical (unpaired) electrons. The monoisotopic (exact) mass is 191 g/mol. The van der Waals surface area contributed by atoms with E-state index < -0.39 is 0 Å². The maximum Gasteiger partial charge on any atom is 0.231 e. The van der Waals surface area contributed by atoms with Crippen molar-refractivity contribution < 1.29 is 9.53 Å². The molecule has 1 amide bonds. The van der Waals surface area contributed by atoms with Gasteiger partial charge >= 0.3 is 0 Å². The maximum atomic E-state index is 11.4. The summed E-state index contributed by atoms with van der Waals surface area (Å²) in [5.41, 5.74) is 0.953. The van der Waals surface area contributed by atoms with Crippen molar-refractivity contribution in [1.29, 1.82) is 0 Å². The number of amides is 1. The van der Waals surface area contributed by atoms with Crippen LogP contribution in [0.15, 0.2) is 24.3 Å². The van der Waals surface area contributed by atoms with Gasteiger partial charge in [-0.1, -0.05) is 6.92 Å². The minimum absolute atomic E-state index is 0.178. The Kier molecular flexibility index (Phi) is 2.15. The van der Waals surface area contributed by atoms with Gasteiger partial charge < -0.3 is 9.64 Å². The number of benzene rings is 1. The third-order valence-electron chi connectivity index (χ3n) is 2.53. The zero-order valence-electron chi connectivity index (χ0n) is 8.36. The van der Waals surface area contributed by atoms with E-state index in [1.165, 1.54) is 0 Å². The van der Waals surface area contributed by atoms with Crippen LogP contribution in [0.1, 0.15) is 6.92 Å². The summed E-state index contributed by atoms with van der Waals surface area (Å²) in [7, 11) is 1.63. The Morgan fingerprint density at radius 3 is 2.43 bits per heavy atom. The van der Waals surface area contributed by atoms with Crippen LogP contribution in [-0.2, 0) is 4.79 Å². The second-order valence-electron chi connectivity index (χ2n) is 3.55. The van der Waals surface area contributed by atoms with Crippen LogP contribution in [0.25, 0.3) is 0 Å². The van der Waals surface area contributed by atoms with E-state index in [0.29, 0.717) is 0 Å². The van der Waals surface area contributed by atoms with E-state index >= 15 is 0 Å². The van der Waals surface area contributed by atoms with E-state index in [0.717, 1.165) is 18.0 Å². The molecule has 74 valence electrons. The Bertz CT molecular complexity index is 345. The standard InChI is InChI=1S/C11H13NO2/c1-8-7-12(11(8)13)9-3-5-10(14-2)6-4-9/h3-6,8H,7H2,1-2H3. The number of hydrogen-bond acceptors (Lipinski definition) is 2. The molecule has 3 nitrogen and oxygen atoms in total. The van der Waals surface area contributed by atoms with Gasteiger partial charge in [-0.15, -0.1) is 0 Å². The number of anilines is 1. The number of β-lactam (4-membered cyclic amide) rings is 1. The lowest BCUT2D eigenvalue weighted by Gasteiger charge is -2.36. The molecule has 0 bridgehead atoms. The molecule has 1 atom stereocenters. The quantitative estimate of drug-likeness (QED) is 0.665. The van der Waals surface area contributed by atoms with Crippen LogP contribution in [-0.4, -0.2) is 19.6 Å². The van der Waals surface area contributed by atoms with Gasteiger partial charge in [-0.05, 0) is 24.3 Å². The first-order valence-electron chi connectivity index (χ1n) is 4.68. The highest BCUT2D eigenvalue weighted by atomic mass is 16.5. The second-order valence-corrected chi connectivity index (χ2v) is 3.55. The van der Waals surface area contributed by atoms with Crippen molar-refractivity contribution in [2.24, 2.45) is 5.92 Å². The highest BCUT2D eigenvalue weighted by molar-refractivity contribution is 6.01. The fourth-order valence-electron chi connectivity index (χ4n) is 1.59. The Morgan fingerprint density at radius 1 is 1.36 bits per heavy atom. The van der Waals surface area contributed by atoms with E-state index in [1.807, 2.05) is 31.2 Å². The van der Waals surface area contributed by atoms with E-state index in [9.17, 15) is 4.79 Å². The lowest BCUT2D eigenvalue weighted by molar-refractivity contribution is -0.126. The molecule has 0 spiro atoms. The van der Waals surface area contributed by atoms with Gasteiger partial charge in [-0.3, -0.25) is 4.79 Å². The van der Waals surface area contributed by atoms with Gasteiger partial charge in [-0.25, -0.2) is 0 Å². The number of rotatable bonds is 2. The summed E-state index contributed by atoms with van der Waals surface area (Å²) in [5, 5.41) is 0. The van der Waals surface area contributed by atoms with Gasteiger partial charge in [0.05, 0.1) is 13.0 Å². The molecule has 3 heteroatoms. The normalized spacial score (nSPS) is 20.6. The van der Waals surface area contributed by atoms with E-state index in [4.69, 9.17) is 4.74 Å². The number of carbonyl (C=O) groups is 1. The summed E-state index contributed by atoms with van der Waals surface area (Å²) < 4.78 is 5.05. The molecule has 0 saturated carbocycles. The minimum atomic E-state index is 0.178. The lowest BCUT2D eigenvalue weighted by Crippen LogP contribution is -2.51. The number of methoxy groups -OCH3 is 1. The predicted octanol–water partition coefficient (Wildman–Crippen LogP) is 1.68. The van der Waals surface area contributed by atoms with Crippen LogP contribution in [0.5, 0.6) is 5.75 Å². The highest BCUT2D eigenvalue weighted by Gasteiger charge is 2.33. The molecule has 1 aliphatic heterocycles. The summed E-state index contributed by atoms with van der Waals surface area (Å²) in [5.74, 6) is 1.20. The Morgan fingerprint density at radius 2 is 2.00 bits per heavy atom. The molecule has 1 aromatic rings. The van der Waals surface area contributed by atoms with Crippen molar-refractivity contribution in [2.75, 3.05) is 18.6 Å². The lowest BCUT2D eigenvalue weighted by atomic mass is 10.0. The SMILES string of the molecule is COc1ccc(N2CC(C)C2=O)cc1. The van der Waals surface area contributed by atoms with Gasteiger partial charge in [0.1, 0.15) is 5.75 Å². The molecule has 0 aromatic heterocycles. The fraction of sp³-hybridized carbons (Fsp3) is 0.364. The molecule has 2 rings (SSSR count). The largest absolute Gasteiger partial charge is 0.497 e. The molecule has 0 aliphatic carbocycles. The van der Waals surface area contributed by atoms with Crippen LogP contribution in [0.3, 0.4) is 0 Å². The molecule has 1 unspecified atom stereocenters. The van der Waals surface area contributed by atoms with Gasteiger partial charge in [-0.2, -0.15) is 0 Å². The molecule has 1 saturated heterocycles. The van der Waals surface area contributed by atoms with Crippen molar-refractivity contribution in [3.63, 3.8) is 0 Å². The average molecular weight is 191 g/mol. The van der Waals surface area contributed by atoms with E-state index in [-0.39, 0.29) is 11.8 Å². The first-order valence-corrected chi connectivity index (χ1v) is 4.68. The Labute approximate surface area is 83.3 Å². The zero-order valence-corrected chi connectivity index (χ0v) is 8.36. The molecule has 14 heavy (non-hydrogen) atoms. The van der Waals surface area contributed by atoms with Gasteiger partial charge in [0.25, 0.3) is 0 Å². The van der Waals surface area contributed by atoms with Crippen LogP contribution < -0.4 is 9.64 Å². The van der Waals surface area contributed by atoms with Crippen molar-refractivity contribution in [3.8, 4) is 5.75 Å². The summed E-state index contributed by atoms with van der Waals surface area (Å²) in [4.78, 5) is 13.2. The second kappa shape index (κ2) is 3.33. The third kappa shape index (κ3) is 1.35. The predicted molar refractivity (Wildman–Crippen MR) is 54.5 cm³/mol. The number of carbonyl (C=O) groups excluding carboxylic acids is 1. The van der Waals surface area contributed by atoms with Crippen LogP contribution in [0.2, 0.25) is 0 Å². The maximum absolute atomic E-state index is 11.4. The molecule has 0 N–H and O–H groups in total. The van der Waals surface area contributed by atoms with Crippen molar-refractivity contribution in [1.82, 2.24) is 0 Å². The molecular weight excluding hydrogens is 178 g/mol. The topological polar surface area (TPSA) is 29.5 Å². The smallest absolute Gasteiger partial charge is 0.231 e. The van der Waals surface area contributed by atoms with Crippen LogP contribution in [0, 0.1) is 5.92 Å². The van der Waals surface area contributed by atoms with E-state index in [1.54, 1.807) is 12.0 Å². The summed E-state index contributed by atoms with van der Waals surface area (Å²) in [6, 6.07) is 7.54. The van der Waals surface area contributed by atoms with Crippen LogP contribution >= 0.6 is 0 Å². The number of hydrogen-bond donors (Lipinski definition) is 0. The fourth-order valence-corrected chi connectivity index (χ4v) is 1.59. The zero-order chi connectivity index (χ0) is 10.1. The third-order valence-corrected chi connectivity index (χ3v) is 2.53. The molecule has 1 fully saturated rings. The molecule has 1 aliphatic rings. The Hall–Kier alpha value is -1.51. The number of ether oxygens (including phenoxy) is 1. The van der Waals surface area contributed by atoms with Gasteiger partial charge in [0.15, 0.2) is 0 Å². The average Bonchev–Trinajstić information content (AvgIpc) is 2.25. The highest BCUT2D eigenvalue weighted by Crippen LogP contribution is 2.27. The van der Waals surface area contributed by atoms with Crippen molar-refractivity contribution in [3.05, 3.63) is 24.3 Å². The molecule has 1 aromatic carbocycles. The van der Waals surface area contributed by atoms with Crippen LogP contribution in [0.4, 0.5) is 5.69 Å². The van der Waals surface area contributed by atoms with E-state index in [2.05, 4.69) is 0 Å². The summed E-state index contributed by atoms with van der Waals surface area (Å²) in [6.07, 6.45) is 0. The summed E-state index contributed by atoms with van der Waals surface area (Å²) in [6.45, 7) is 2.77. The summed E-state index contributed by atoms with van der Waals surface area (Å²) >= 11 is 0. The van der Waals surface area contributed by atoms with Crippen molar-refractivity contribution in [2.45, 2.75) is 6.92 Å².